The number of anilines is 2. The first-order chi connectivity index (χ1) is 10.1. The first-order valence-electron chi connectivity index (χ1n) is 6.19. The molecule has 0 amide bonds. The predicted molar refractivity (Wildman–Crippen MR) is 70.9 cm³/mol. The molecular formula is C15H11F6N. The highest BCUT2D eigenvalue weighted by molar-refractivity contribution is 5.65. The number of alkyl halides is 6. The standard InChI is InChI=1S/C15H11F6N/c1-9-3-2-4-11(7-9)22-13-8-10(14(16,17)18)5-6-12(13)15(19,20)21/h2-8,22H,1H3. The lowest BCUT2D eigenvalue weighted by atomic mass is 10.1. The van der Waals surface area contributed by atoms with Crippen molar-refractivity contribution in [1.29, 1.82) is 0 Å². The van der Waals surface area contributed by atoms with Crippen LogP contribution in [0.2, 0.25) is 0 Å². The summed E-state index contributed by atoms with van der Waals surface area (Å²) in [5, 5.41) is 2.41. The molecule has 0 atom stereocenters. The number of hydrogen-bond donors (Lipinski definition) is 1. The van der Waals surface area contributed by atoms with Crippen LogP contribution in [-0.2, 0) is 12.4 Å². The van der Waals surface area contributed by atoms with E-state index in [0.29, 0.717) is 18.2 Å². The number of aryl methyl sites for hydroxylation is 1. The van der Waals surface area contributed by atoms with E-state index < -0.39 is 29.2 Å². The lowest BCUT2D eigenvalue weighted by Crippen LogP contribution is -2.12. The van der Waals surface area contributed by atoms with E-state index in [-0.39, 0.29) is 5.69 Å². The Labute approximate surface area is 122 Å². The SMILES string of the molecule is Cc1cccc(Nc2cc(C(F)(F)F)ccc2C(F)(F)F)c1. The van der Waals surface area contributed by atoms with Gasteiger partial charge in [-0.2, -0.15) is 26.3 Å². The lowest BCUT2D eigenvalue weighted by molar-refractivity contribution is -0.140. The molecule has 0 aliphatic heterocycles. The topological polar surface area (TPSA) is 12.0 Å². The average molecular weight is 319 g/mol. The molecule has 1 nitrogen and oxygen atoms in total. The van der Waals surface area contributed by atoms with Gasteiger partial charge in [-0.1, -0.05) is 12.1 Å². The Morgan fingerprint density at radius 3 is 2.05 bits per heavy atom. The second kappa shape index (κ2) is 5.55. The van der Waals surface area contributed by atoms with Crippen LogP contribution in [0, 0.1) is 6.92 Å². The van der Waals surface area contributed by atoms with Crippen LogP contribution in [0.25, 0.3) is 0 Å². The zero-order valence-electron chi connectivity index (χ0n) is 11.3. The summed E-state index contributed by atoms with van der Waals surface area (Å²) in [5.41, 5.74) is -1.87. The van der Waals surface area contributed by atoms with Crippen LogP contribution in [0.4, 0.5) is 37.7 Å². The summed E-state index contributed by atoms with van der Waals surface area (Å²) in [4.78, 5) is 0. The van der Waals surface area contributed by atoms with Crippen molar-refractivity contribution in [2.45, 2.75) is 19.3 Å². The largest absolute Gasteiger partial charge is 0.418 e. The van der Waals surface area contributed by atoms with E-state index in [4.69, 9.17) is 0 Å². The molecule has 7 heteroatoms. The summed E-state index contributed by atoms with van der Waals surface area (Å²) in [6.45, 7) is 1.72. The van der Waals surface area contributed by atoms with Crippen LogP contribution in [0.15, 0.2) is 42.5 Å². The van der Waals surface area contributed by atoms with E-state index >= 15 is 0 Å². The molecule has 0 bridgehead atoms. The van der Waals surface area contributed by atoms with Crippen molar-refractivity contribution < 1.29 is 26.3 Å². The van der Waals surface area contributed by atoms with Crippen molar-refractivity contribution >= 4 is 11.4 Å². The van der Waals surface area contributed by atoms with Gasteiger partial charge in [0.15, 0.2) is 0 Å². The molecule has 2 aromatic carbocycles. The van der Waals surface area contributed by atoms with Crippen molar-refractivity contribution in [3.63, 3.8) is 0 Å². The minimum absolute atomic E-state index is 0.282. The van der Waals surface area contributed by atoms with Crippen molar-refractivity contribution in [1.82, 2.24) is 0 Å². The molecule has 0 radical (unpaired) electrons. The Balaban J connectivity index is 2.50. The van der Waals surface area contributed by atoms with E-state index in [0.717, 1.165) is 5.56 Å². The molecule has 0 aliphatic rings. The van der Waals surface area contributed by atoms with E-state index in [2.05, 4.69) is 5.32 Å². The number of nitrogens with one attached hydrogen (secondary N) is 1. The van der Waals surface area contributed by atoms with Crippen molar-refractivity contribution in [2.24, 2.45) is 0 Å². The fourth-order valence-corrected chi connectivity index (χ4v) is 1.95. The van der Waals surface area contributed by atoms with Gasteiger partial charge in [0.25, 0.3) is 0 Å². The van der Waals surface area contributed by atoms with Crippen LogP contribution in [-0.4, -0.2) is 0 Å². The van der Waals surface area contributed by atoms with Crippen molar-refractivity contribution in [3.8, 4) is 0 Å². The Hall–Kier alpha value is -2.18. The Bertz CT molecular complexity index is 672. The van der Waals surface area contributed by atoms with Gasteiger partial charge in [-0.15, -0.1) is 0 Å². The second-order valence-corrected chi connectivity index (χ2v) is 4.75. The summed E-state index contributed by atoms with van der Waals surface area (Å²) < 4.78 is 76.9. The quantitative estimate of drug-likeness (QED) is 0.692. The van der Waals surface area contributed by atoms with Crippen LogP contribution >= 0.6 is 0 Å². The summed E-state index contributed by atoms with van der Waals surface area (Å²) in [5.74, 6) is 0. The highest BCUT2D eigenvalue weighted by Crippen LogP contribution is 2.39. The van der Waals surface area contributed by atoms with Gasteiger partial charge in [-0.25, -0.2) is 0 Å². The number of halogens is 6. The molecule has 0 saturated carbocycles. The van der Waals surface area contributed by atoms with Gasteiger partial charge < -0.3 is 5.32 Å². The molecule has 118 valence electrons. The molecule has 1 N–H and O–H groups in total. The monoisotopic (exact) mass is 319 g/mol. The zero-order chi connectivity index (χ0) is 16.5. The molecule has 0 unspecified atom stereocenters. The van der Waals surface area contributed by atoms with Crippen LogP contribution < -0.4 is 5.32 Å². The fraction of sp³-hybridized carbons (Fsp3) is 0.200. The van der Waals surface area contributed by atoms with Gasteiger partial charge in [0.2, 0.25) is 0 Å². The summed E-state index contributed by atoms with van der Waals surface area (Å²) in [6, 6.07) is 7.66. The van der Waals surface area contributed by atoms with Gasteiger partial charge in [0, 0.05) is 5.69 Å². The highest BCUT2D eigenvalue weighted by Gasteiger charge is 2.37. The maximum Gasteiger partial charge on any atom is 0.418 e. The number of rotatable bonds is 2. The van der Waals surface area contributed by atoms with Gasteiger partial charge in [0.1, 0.15) is 0 Å². The Morgan fingerprint density at radius 1 is 0.818 bits per heavy atom. The van der Waals surface area contributed by atoms with Gasteiger partial charge in [0.05, 0.1) is 16.8 Å². The van der Waals surface area contributed by atoms with Crippen LogP contribution in [0.1, 0.15) is 16.7 Å². The Kier molecular flexibility index (Phi) is 4.08. The second-order valence-electron chi connectivity index (χ2n) is 4.75. The van der Waals surface area contributed by atoms with E-state index in [1.54, 1.807) is 25.1 Å². The zero-order valence-corrected chi connectivity index (χ0v) is 11.3. The molecule has 2 aromatic rings. The molecular weight excluding hydrogens is 308 g/mol. The van der Waals surface area contributed by atoms with E-state index in [1.165, 1.54) is 6.07 Å². The molecule has 22 heavy (non-hydrogen) atoms. The number of benzene rings is 2. The van der Waals surface area contributed by atoms with Crippen molar-refractivity contribution in [2.75, 3.05) is 5.32 Å². The van der Waals surface area contributed by atoms with Gasteiger partial charge >= 0.3 is 12.4 Å². The normalized spacial score (nSPS) is 12.3. The van der Waals surface area contributed by atoms with Gasteiger partial charge in [-0.3, -0.25) is 0 Å². The smallest absolute Gasteiger partial charge is 0.355 e. The maximum atomic E-state index is 12.9. The highest BCUT2D eigenvalue weighted by atomic mass is 19.4. The molecule has 0 fully saturated rings. The molecule has 0 heterocycles. The third kappa shape index (κ3) is 3.72. The van der Waals surface area contributed by atoms with Crippen molar-refractivity contribution in [3.05, 3.63) is 59.2 Å². The minimum Gasteiger partial charge on any atom is -0.355 e. The third-order valence-corrected chi connectivity index (χ3v) is 2.95. The first kappa shape index (κ1) is 16.2. The predicted octanol–water partition coefficient (Wildman–Crippen LogP) is 5.78. The molecule has 0 saturated heterocycles. The fourth-order valence-electron chi connectivity index (χ4n) is 1.95. The molecule has 2 rings (SSSR count). The van der Waals surface area contributed by atoms with E-state index in [1.807, 2.05) is 0 Å². The molecule has 0 aromatic heterocycles. The summed E-state index contributed by atoms with van der Waals surface area (Å²) >= 11 is 0. The third-order valence-electron chi connectivity index (χ3n) is 2.95. The summed E-state index contributed by atoms with van der Waals surface area (Å²) in [7, 11) is 0. The first-order valence-corrected chi connectivity index (χ1v) is 6.19. The number of hydrogen-bond acceptors (Lipinski definition) is 1. The lowest BCUT2D eigenvalue weighted by Gasteiger charge is -2.17. The van der Waals surface area contributed by atoms with E-state index in [9.17, 15) is 26.3 Å². The molecule has 0 aliphatic carbocycles. The van der Waals surface area contributed by atoms with Gasteiger partial charge in [-0.05, 0) is 42.8 Å². The maximum absolute atomic E-state index is 12.9. The minimum atomic E-state index is -4.75. The van der Waals surface area contributed by atoms with Crippen LogP contribution in [0.3, 0.4) is 0 Å². The van der Waals surface area contributed by atoms with Crippen LogP contribution in [0.5, 0.6) is 0 Å². The Morgan fingerprint density at radius 2 is 1.50 bits per heavy atom. The molecule has 0 spiro atoms. The average Bonchev–Trinajstić information content (AvgIpc) is 2.36. The summed E-state index contributed by atoms with van der Waals surface area (Å²) in [6.07, 6.45) is -9.47.